The Morgan fingerprint density at radius 3 is 2.44 bits per heavy atom. The Kier molecular flexibility index (Phi) is 7.77. The van der Waals surface area contributed by atoms with Crippen LogP contribution in [0.3, 0.4) is 0 Å². The molecule has 0 unspecified atom stereocenters. The summed E-state index contributed by atoms with van der Waals surface area (Å²) in [5.41, 5.74) is 0. The molecule has 0 radical (unpaired) electrons. The molecule has 0 bridgehead atoms. The van der Waals surface area contributed by atoms with Crippen LogP contribution in [0, 0.1) is 0 Å². The molecule has 0 rings (SSSR count). The third-order valence-electron chi connectivity index (χ3n) is 0.795. The lowest BCUT2D eigenvalue weighted by Gasteiger charge is -1.98. The summed E-state index contributed by atoms with van der Waals surface area (Å²) in [7, 11) is 0. The molecule has 0 aromatic heterocycles. The lowest BCUT2D eigenvalue weighted by atomic mass is 10.4. The van der Waals surface area contributed by atoms with Crippen LogP contribution in [0.5, 0.6) is 0 Å². The van der Waals surface area contributed by atoms with Crippen molar-refractivity contribution in [3.63, 3.8) is 0 Å². The van der Waals surface area contributed by atoms with E-state index in [1.807, 2.05) is 6.92 Å². The fourth-order valence-corrected chi connectivity index (χ4v) is 0.319. The third kappa shape index (κ3) is 7.88. The van der Waals surface area contributed by atoms with Crippen molar-refractivity contribution in [2.24, 2.45) is 0 Å². The van der Waals surface area contributed by atoms with Gasteiger partial charge in [0.15, 0.2) is 0 Å². The molecule has 0 saturated carbocycles. The van der Waals surface area contributed by atoms with Crippen molar-refractivity contribution in [3.05, 3.63) is 0 Å². The van der Waals surface area contributed by atoms with Crippen LogP contribution in [0.25, 0.3) is 0 Å². The highest BCUT2D eigenvalue weighted by molar-refractivity contribution is 4.25. The summed E-state index contributed by atoms with van der Waals surface area (Å²) in [6, 6.07) is 0. The maximum Gasteiger partial charge on any atom is 0.0853 e. The van der Waals surface area contributed by atoms with Crippen molar-refractivity contribution in [3.8, 4) is 0 Å². The molecule has 3 heteroatoms. The standard InChI is InChI=1S/C6H14O3/c1-3-5-6-8-9-7-4-2/h3-6H2,1-2H3. The van der Waals surface area contributed by atoms with Crippen LogP contribution in [0.2, 0.25) is 0 Å². The highest BCUT2D eigenvalue weighted by Gasteiger charge is 1.85. The zero-order valence-electron chi connectivity index (χ0n) is 6.05. The van der Waals surface area contributed by atoms with Gasteiger partial charge in [0.2, 0.25) is 0 Å². The van der Waals surface area contributed by atoms with E-state index < -0.39 is 0 Å². The number of rotatable bonds is 6. The zero-order chi connectivity index (χ0) is 6.95. The van der Waals surface area contributed by atoms with Gasteiger partial charge >= 0.3 is 0 Å². The van der Waals surface area contributed by atoms with E-state index in [2.05, 4.69) is 21.7 Å². The lowest BCUT2D eigenvalue weighted by Crippen LogP contribution is -1.97. The van der Waals surface area contributed by atoms with E-state index in [4.69, 9.17) is 0 Å². The fraction of sp³-hybridized carbons (Fsp3) is 1.00. The Labute approximate surface area is 55.8 Å². The second kappa shape index (κ2) is 7.88. The van der Waals surface area contributed by atoms with Gasteiger partial charge in [0, 0.05) is 0 Å². The summed E-state index contributed by atoms with van der Waals surface area (Å²) in [4.78, 5) is 9.05. The van der Waals surface area contributed by atoms with Crippen LogP contribution in [0.15, 0.2) is 0 Å². The predicted octanol–water partition coefficient (Wildman–Crippen LogP) is 1.69. The van der Waals surface area contributed by atoms with Gasteiger partial charge in [-0.05, 0) is 13.3 Å². The van der Waals surface area contributed by atoms with Gasteiger partial charge in [-0.25, -0.2) is 9.78 Å². The van der Waals surface area contributed by atoms with Crippen LogP contribution < -0.4 is 0 Å². The van der Waals surface area contributed by atoms with E-state index in [1.54, 1.807) is 0 Å². The quantitative estimate of drug-likeness (QED) is 0.314. The summed E-state index contributed by atoms with van der Waals surface area (Å²) >= 11 is 0. The largest absolute Gasteiger partial charge is 0.206 e. The van der Waals surface area contributed by atoms with Crippen LogP contribution in [0.4, 0.5) is 0 Å². The van der Waals surface area contributed by atoms with E-state index in [1.165, 1.54) is 0 Å². The van der Waals surface area contributed by atoms with E-state index in [9.17, 15) is 0 Å². The SMILES string of the molecule is CCCCOOOCC. The Hall–Kier alpha value is -0.120. The van der Waals surface area contributed by atoms with Crippen LogP contribution >= 0.6 is 0 Å². The normalized spacial score (nSPS) is 10.0. The summed E-state index contributed by atoms with van der Waals surface area (Å²) < 4.78 is 0. The maximum atomic E-state index is 4.59. The molecular weight excluding hydrogens is 120 g/mol. The summed E-state index contributed by atoms with van der Waals surface area (Å²) in [6.45, 7) is 5.05. The van der Waals surface area contributed by atoms with Crippen molar-refractivity contribution < 1.29 is 14.8 Å². The number of hydrogen-bond acceptors (Lipinski definition) is 3. The second-order valence-electron chi connectivity index (χ2n) is 1.65. The molecule has 3 nitrogen and oxygen atoms in total. The van der Waals surface area contributed by atoms with E-state index in [-0.39, 0.29) is 0 Å². The topological polar surface area (TPSA) is 27.7 Å². The average Bonchev–Trinajstić information content (AvgIpc) is 1.89. The molecule has 0 aliphatic rings. The first-order valence-electron chi connectivity index (χ1n) is 3.32. The number of hydrogen-bond donors (Lipinski definition) is 0. The van der Waals surface area contributed by atoms with Gasteiger partial charge in [0.1, 0.15) is 0 Å². The van der Waals surface area contributed by atoms with Crippen LogP contribution in [-0.4, -0.2) is 13.2 Å². The van der Waals surface area contributed by atoms with Crippen molar-refractivity contribution >= 4 is 0 Å². The van der Waals surface area contributed by atoms with Crippen molar-refractivity contribution in [2.45, 2.75) is 26.7 Å². The van der Waals surface area contributed by atoms with Gasteiger partial charge in [-0.15, -0.1) is 0 Å². The Morgan fingerprint density at radius 2 is 1.89 bits per heavy atom. The van der Waals surface area contributed by atoms with Gasteiger partial charge in [0.05, 0.1) is 13.2 Å². The second-order valence-corrected chi connectivity index (χ2v) is 1.65. The minimum atomic E-state index is 0.520. The zero-order valence-corrected chi connectivity index (χ0v) is 6.05. The molecule has 0 spiro atoms. The van der Waals surface area contributed by atoms with Gasteiger partial charge < -0.3 is 0 Å². The molecule has 0 N–H and O–H groups in total. The minimum Gasteiger partial charge on any atom is -0.206 e. The van der Waals surface area contributed by atoms with Gasteiger partial charge in [-0.3, -0.25) is 0 Å². The summed E-state index contributed by atoms with van der Waals surface area (Å²) in [5.74, 6) is 0. The first-order chi connectivity index (χ1) is 4.41. The summed E-state index contributed by atoms with van der Waals surface area (Å²) in [6.07, 6.45) is 2.11. The molecule has 0 aromatic carbocycles. The molecule has 0 fully saturated rings. The molecule has 0 aromatic rings. The van der Waals surface area contributed by atoms with Gasteiger partial charge in [-0.2, -0.15) is 0 Å². The molecular formula is C6H14O3. The smallest absolute Gasteiger partial charge is 0.0853 e. The minimum absolute atomic E-state index is 0.520. The molecule has 0 saturated heterocycles. The van der Waals surface area contributed by atoms with Crippen molar-refractivity contribution in [1.82, 2.24) is 0 Å². The monoisotopic (exact) mass is 134 g/mol. The van der Waals surface area contributed by atoms with Crippen LogP contribution in [0.1, 0.15) is 26.7 Å². The molecule has 0 aliphatic carbocycles. The first kappa shape index (κ1) is 8.88. The lowest BCUT2D eigenvalue weighted by molar-refractivity contribution is -0.511. The Balaban J connectivity index is 2.60. The average molecular weight is 134 g/mol. The predicted molar refractivity (Wildman–Crippen MR) is 33.6 cm³/mol. The van der Waals surface area contributed by atoms with Gasteiger partial charge in [0.25, 0.3) is 0 Å². The number of unbranched alkanes of at least 4 members (excludes halogenated alkanes) is 1. The van der Waals surface area contributed by atoms with E-state index in [0.29, 0.717) is 13.2 Å². The molecule has 9 heavy (non-hydrogen) atoms. The summed E-state index contributed by atoms with van der Waals surface area (Å²) in [5, 5.41) is 4.28. The maximum absolute atomic E-state index is 4.59. The molecule has 0 atom stereocenters. The molecule has 0 amide bonds. The molecule has 0 aliphatic heterocycles. The Bertz CT molecular complexity index is 41.6. The third-order valence-corrected chi connectivity index (χ3v) is 0.795. The first-order valence-corrected chi connectivity index (χ1v) is 3.32. The molecule has 56 valence electrons. The highest BCUT2D eigenvalue weighted by Crippen LogP contribution is 1.88. The van der Waals surface area contributed by atoms with Gasteiger partial charge in [-0.1, -0.05) is 18.4 Å². The van der Waals surface area contributed by atoms with Crippen molar-refractivity contribution in [2.75, 3.05) is 13.2 Å². The van der Waals surface area contributed by atoms with Crippen molar-refractivity contribution in [1.29, 1.82) is 0 Å². The van der Waals surface area contributed by atoms with E-state index in [0.717, 1.165) is 12.8 Å². The Morgan fingerprint density at radius 1 is 1.11 bits per heavy atom. The fourth-order valence-electron chi connectivity index (χ4n) is 0.319. The highest BCUT2D eigenvalue weighted by atomic mass is 17.5. The van der Waals surface area contributed by atoms with Crippen LogP contribution in [-0.2, 0) is 14.8 Å². The molecule has 0 heterocycles. The van der Waals surface area contributed by atoms with E-state index >= 15 is 0 Å².